The molecule has 1 atom stereocenters. The van der Waals surface area contributed by atoms with Gasteiger partial charge in [-0.1, -0.05) is 47.5 Å². The SMILES string of the molecule is CCC1(CC)CCN(C(=O)C(C(=O)O)C(C)(C)C)CC1. The van der Waals surface area contributed by atoms with Gasteiger partial charge in [0, 0.05) is 13.1 Å². The van der Waals surface area contributed by atoms with E-state index in [-0.39, 0.29) is 5.91 Å². The van der Waals surface area contributed by atoms with Crippen LogP contribution in [0, 0.1) is 16.7 Å². The normalized spacial score (nSPS) is 20.6. The number of hydrogen-bond donors (Lipinski definition) is 1. The quantitative estimate of drug-likeness (QED) is 0.806. The number of carbonyl (C=O) groups is 2. The Morgan fingerprint density at radius 3 is 1.90 bits per heavy atom. The van der Waals surface area contributed by atoms with Gasteiger partial charge in [0.25, 0.3) is 0 Å². The third kappa shape index (κ3) is 3.53. The zero-order chi connectivity index (χ0) is 15.6. The van der Waals surface area contributed by atoms with Gasteiger partial charge in [-0.25, -0.2) is 0 Å². The summed E-state index contributed by atoms with van der Waals surface area (Å²) in [5, 5.41) is 9.36. The highest BCUT2D eigenvalue weighted by atomic mass is 16.4. The molecular weight excluding hydrogens is 254 g/mol. The molecular formula is C16H29NO3. The Balaban J connectivity index is 2.78. The minimum Gasteiger partial charge on any atom is -0.481 e. The number of carbonyl (C=O) groups excluding carboxylic acids is 1. The minimum atomic E-state index is -1.01. The fourth-order valence-corrected chi connectivity index (χ4v) is 3.19. The van der Waals surface area contributed by atoms with E-state index in [1.807, 2.05) is 20.8 Å². The van der Waals surface area contributed by atoms with Gasteiger partial charge in [0.15, 0.2) is 0 Å². The summed E-state index contributed by atoms with van der Waals surface area (Å²) in [5.74, 6) is -2.17. The molecule has 116 valence electrons. The van der Waals surface area contributed by atoms with Crippen LogP contribution in [-0.4, -0.2) is 35.0 Å². The summed E-state index contributed by atoms with van der Waals surface area (Å²) in [6.45, 7) is 11.2. The Kier molecular flexibility index (Phi) is 5.22. The maximum Gasteiger partial charge on any atom is 0.316 e. The lowest BCUT2D eigenvalue weighted by atomic mass is 9.73. The van der Waals surface area contributed by atoms with Crippen LogP contribution in [0.2, 0.25) is 0 Å². The maximum atomic E-state index is 12.5. The highest BCUT2D eigenvalue weighted by molar-refractivity contribution is 5.97. The third-order valence-corrected chi connectivity index (χ3v) is 5.00. The van der Waals surface area contributed by atoms with Crippen LogP contribution in [-0.2, 0) is 9.59 Å². The van der Waals surface area contributed by atoms with Crippen molar-refractivity contribution >= 4 is 11.9 Å². The molecule has 0 radical (unpaired) electrons. The number of rotatable bonds is 4. The van der Waals surface area contributed by atoms with Crippen molar-refractivity contribution in [1.82, 2.24) is 4.90 Å². The number of nitrogens with zero attached hydrogens (tertiary/aromatic N) is 1. The van der Waals surface area contributed by atoms with E-state index in [0.29, 0.717) is 18.5 Å². The second kappa shape index (κ2) is 6.15. The molecule has 1 aliphatic heterocycles. The summed E-state index contributed by atoms with van der Waals surface area (Å²) in [4.78, 5) is 25.7. The highest BCUT2D eigenvalue weighted by Gasteiger charge is 2.42. The monoisotopic (exact) mass is 283 g/mol. The number of aliphatic carboxylic acids is 1. The summed E-state index contributed by atoms with van der Waals surface area (Å²) >= 11 is 0. The number of hydrogen-bond acceptors (Lipinski definition) is 2. The van der Waals surface area contributed by atoms with E-state index in [4.69, 9.17) is 0 Å². The van der Waals surface area contributed by atoms with Crippen molar-refractivity contribution in [2.45, 2.75) is 60.3 Å². The van der Waals surface area contributed by atoms with Crippen molar-refractivity contribution in [2.24, 2.45) is 16.7 Å². The van der Waals surface area contributed by atoms with E-state index in [9.17, 15) is 14.7 Å². The number of carboxylic acid groups (broad SMARTS) is 1. The summed E-state index contributed by atoms with van der Waals surface area (Å²) in [6, 6.07) is 0. The Bertz CT molecular complexity index is 356. The molecule has 1 unspecified atom stereocenters. The zero-order valence-corrected chi connectivity index (χ0v) is 13.5. The second-order valence-electron chi connectivity index (χ2n) is 7.17. The van der Waals surface area contributed by atoms with Gasteiger partial charge < -0.3 is 10.0 Å². The Labute approximate surface area is 122 Å². The van der Waals surface area contributed by atoms with E-state index >= 15 is 0 Å². The molecule has 4 nitrogen and oxygen atoms in total. The zero-order valence-electron chi connectivity index (χ0n) is 13.5. The van der Waals surface area contributed by atoms with Crippen molar-refractivity contribution in [3.05, 3.63) is 0 Å². The highest BCUT2D eigenvalue weighted by Crippen LogP contribution is 2.39. The van der Waals surface area contributed by atoms with Crippen LogP contribution in [0.3, 0.4) is 0 Å². The van der Waals surface area contributed by atoms with Gasteiger partial charge in [-0.3, -0.25) is 9.59 Å². The van der Waals surface area contributed by atoms with Crippen molar-refractivity contribution in [3.63, 3.8) is 0 Å². The Hall–Kier alpha value is -1.06. The predicted molar refractivity (Wildman–Crippen MR) is 79.4 cm³/mol. The smallest absolute Gasteiger partial charge is 0.316 e. The Morgan fingerprint density at radius 2 is 1.60 bits per heavy atom. The van der Waals surface area contributed by atoms with Crippen molar-refractivity contribution in [3.8, 4) is 0 Å². The molecule has 1 heterocycles. The molecule has 1 N–H and O–H groups in total. The fourth-order valence-electron chi connectivity index (χ4n) is 3.19. The van der Waals surface area contributed by atoms with E-state index in [2.05, 4.69) is 13.8 Å². The first-order valence-corrected chi connectivity index (χ1v) is 7.68. The lowest BCUT2D eigenvalue weighted by Crippen LogP contribution is -2.49. The molecule has 0 bridgehead atoms. The van der Waals surface area contributed by atoms with Crippen LogP contribution in [0.1, 0.15) is 60.3 Å². The molecule has 0 spiro atoms. The lowest BCUT2D eigenvalue weighted by molar-refractivity contribution is -0.157. The first-order chi connectivity index (χ1) is 9.17. The van der Waals surface area contributed by atoms with Crippen LogP contribution in [0.15, 0.2) is 0 Å². The van der Waals surface area contributed by atoms with Gasteiger partial charge in [0.2, 0.25) is 5.91 Å². The largest absolute Gasteiger partial charge is 0.481 e. The van der Waals surface area contributed by atoms with Crippen molar-refractivity contribution in [1.29, 1.82) is 0 Å². The molecule has 0 aliphatic carbocycles. The van der Waals surface area contributed by atoms with Crippen LogP contribution in [0.25, 0.3) is 0 Å². The van der Waals surface area contributed by atoms with Crippen molar-refractivity contribution < 1.29 is 14.7 Å². The molecule has 1 rings (SSSR count). The summed E-state index contributed by atoms with van der Waals surface area (Å²) < 4.78 is 0. The summed E-state index contributed by atoms with van der Waals surface area (Å²) in [7, 11) is 0. The van der Waals surface area contributed by atoms with Gasteiger partial charge in [-0.2, -0.15) is 0 Å². The average molecular weight is 283 g/mol. The van der Waals surface area contributed by atoms with Crippen LogP contribution in [0.5, 0.6) is 0 Å². The number of piperidine rings is 1. The number of likely N-dealkylation sites (tertiary alicyclic amines) is 1. The molecule has 0 aromatic rings. The molecule has 1 fully saturated rings. The van der Waals surface area contributed by atoms with Gasteiger partial charge in [-0.15, -0.1) is 0 Å². The van der Waals surface area contributed by atoms with Gasteiger partial charge in [0.1, 0.15) is 5.92 Å². The van der Waals surface area contributed by atoms with Gasteiger partial charge in [-0.05, 0) is 23.7 Å². The summed E-state index contributed by atoms with van der Waals surface area (Å²) in [6.07, 6.45) is 4.24. The molecule has 20 heavy (non-hydrogen) atoms. The first-order valence-electron chi connectivity index (χ1n) is 7.68. The third-order valence-electron chi connectivity index (χ3n) is 5.00. The minimum absolute atomic E-state index is 0.217. The molecule has 0 aromatic heterocycles. The Morgan fingerprint density at radius 1 is 1.15 bits per heavy atom. The lowest BCUT2D eigenvalue weighted by Gasteiger charge is -2.42. The predicted octanol–water partition coefficient (Wildman–Crippen LogP) is 3.16. The van der Waals surface area contributed by atoms with Gasteiger partial charge >= 0.3 is 5.97 Å². The van der Waals surface area contributed by atoms with Crippen LogP contribution in [0.4, 0.5) is 0 Å². The molecule has 0 saturated carbocycles. The summed E-state index contributed by atoms with van der Waals surface area (Å²) in [5.41, 5.74) is -0.204. The topological polar surface area (TPSA) is 57.6 Å². The second-order valence-corrected chi connectivity index (χ2v) is 7.17. The van der Waals surface area contributed by atoms with E-state index in [0.717, 1.165) is 25.7 Å². The maximum absolute atomic E-state index is 12.5. The van der Waals surface area contributed by atoms with Crippen molar-refractivity contribution in [2.75, 3.05) is 13.1 Å². The standard InChI is InChI=1S/C16H29NO3/c1-6-16(7-2)8-10-17(11-9-16)13(18)12(14(19)20)15(3,4)5/h12H,6-11H2,1-5H3,(H,19,20). The van der Waals surface area contributed by atoms with E-state index in [1.54, 1.807) is 4.90 Å². The van der Waals surface area contributed by atoms with E-state index < -0.39 is 17.3 Å². The average Bonchev–Trinajstić information content (AvgIpc) is 2.36. The molecule has 0 aromatic carbocycles. The number of amides is 1. The van der Waals surface area contributed by atoms with Gasteiger partial charge in [0.05, 0.1) is 0 Å². The van der Waals surface area contributed by atoms with Crippen LogP contribution < -0.4 is 0 Å². The number of carboxylic acids is 1. The first kappa shape index (κ1) is 17.0. The molecule has 1 aliphatic rings. The van der Waals surface area contributed by atoms with Crippen LogP contribution >= 0.6 is 0 Å². The molecule has 4 heteroatoms. The molecule has 1 amide bonds. The molecule has 1 saturated heterocycles. The van der Waals surface area contributed by atoms with E-state index in [1.165, 1.54) is 0 Å². The fraction of sp³-hybridized carbons (Fsp3) is 0.875.